The lowest BCUT2D eigenvalue weighted by Gasteiger charge is -2.18. The molecule has 0 aliphatic carbocycles. The maximum absolute atomic E-state index is 11.8. The lowest BCUT2D eigenvalue weighted by atomic mass is 10.2. The summed E-state index contributed by atoms with van der Waals surface area (Å²) < 4.78 is 23.6. The number of nitro benzene ring substituents is 1. The normalized spacial score (nSPS) is 13.8. The van der Waals surface area contributed by atoms with Crippen molar-refractivity contribution in [2.75, 3.05) is 29.6 Å². The summed E-state index contributed by atoms with van der Waals surface area (Å²) in [6, 6.07) is 12.1. The first-order valence-electron chi connectivity index (χ1n) is 8.06. The zero-order valence-electron chi connectivity index (χ0n) is 14.3. The average molecular weight is 373 g/mol. The minimum atomic E-state index is -3.69. The van der Waals surface area contributed by atoms with Crippen LogP contribution in [0.15, 0.2) is 59.5 Å². The predicted molar refractivity (Wildman–Crippen MR) is 101 cm³/mol. The fourth-order valence-corrected chi connectivity index (χ4v) is 3.65. The Morgan fingerprint density at radius 3 is 2.35 bits per heavy atom. The van der Waals surface area contributed by atoms with E-state index < -0.39 is 20.4 Å². The van der Waals surface area contributed by atoms with E-state index in [0.29, 0.717) is 12.2 Å². The molecule has 3 rings (SSSR count). The molecule has 7 nitrogen and oxygen atoms in total. The van der Waals surface area contributed by atoms with Crippen LogP contribution in [0.4, 0.5) is 17.1 Å². The van der Waals surface area contributed by atoms with Crippen LogP contribution in [0.3, 0.4) is 0 Å². The molecule has 2 aromatic rings. The maximum atomic E-state index is 11.8. The Labute approximate surface area is 152 Å². The van der Waals surface area contributed by atoms with Crippen molar-refractivity contribution in [3.05, 3.63) is 70.3 Å². The maximum Gasteiger partial charge on any atom is 0.288 e. The fourth-order valence-electron chi connectivity index (χ4n) is 2.79. The second-order valence-corrected chi connectivity index (χ2v) is 8.09. The lowest BCUT2D eigenvalue weighted by Crippen LogP contribution is -2.18. The van der Waals surface area contributed by atoms with E-state index in [1.807, 2.05) is 24.3 Å². The molecule has 0 bridgehead atoms. The molecule has 26 heavy (non-hydrogen) atoms. The van der Waals surface area contributed by atoms with Crippen molar-refractivity contribution in [3.63, 3.8) is 0 Å². The van der Waals surface area contributed by atoms with Crippen LogP contribution in [0.2, 0.25) is 0 Å². The third-order valence-corrected chi connectivity index (χ3v) is 5.30. The first kappa shape index (κ1) is 17.9. The number of rotatable bonds is 6. The topological polar surface area (TPSA) is 92.6 Å². The van der Waals surface area contributed by atoms with Gasteiger partial charge in [0, 0.05) is 43.3 Å². The van der Waals surface area contributed by atoms with E-state index in [0.717, 1.165) is 30.6 Å². The number of anilines is 2. The summed E-state index contributed by atoms with van der Waals surface area (Å²) in [4.78, 5) is 12.3. The van der Waals surface area contributed by atoms with Crippen LogP contribution in [0.25, 0.3) is 0 Å². The minimum absolute atomic E-state index is 0.288. The van der Waals surface area contributed by atoms with Gasteiger partial charge in [-0.25, -0.2) is 8.42 Å². The van der Waals surface area contributed by atoms with Crippen molar-refractivity contribution >= 4 is 26.9 Å². The van der Waals surface area contributed by atoms with E-state index >= 15 is 0 Å². The fraction of sp³-hybridized carbons (Fsp3) is 0.222. The number of nitrogens with one attached hydrogen (secondary N) is 1. The number of nitrogens with zero attached hydrogens (tertiary/aromatic N) is 2. The summed E-state index contributed by atoms with van der Waals surface area (Å²) in [7, 11) is -3.69. The molecular weight excluding hydrogens is 354 g/mol. The molecule has 1 heterocycles. The van der Waals surface area contributed by atoms with E-state index in [9.17, 15) is 18.5 Å². The third kappa shape index (κ3) is 4.02. The van der Waals surface area contributed by atoms with Crippen molar-refractivity contribution in [2.24, 2.45) is 0 Å². The molecule has 0 saturated carbocycles. The molecule has 0 saturated heterocycles. The van der Waals surface area contributed by atoms with Gasteiger partial charge < -0.3 is 10.2 Å². The van der Waals surface area contributed by atoms with Crippen LogP contribution in [0.1, 0.15) is 5.56 Å². The van der Waals surface area contributed by atoms with Gasteiger partial charge in [0.15, 0.2) is 9.84 Å². The van der Waals surface area contributed by atoms with Crippen LogP contribution >= 0.6 is 0 Å². The minimum Gasteiger partial charge on any atom is -0.381 e. The summed E-state index contributed by atoms with van der Waals surface area (Å²) in [6.07, 6.45) is 5.22. The van der Waals surface area contributed by atoms with Crippen LogP contribution in [0, 0.1) is 10.1 Å². The molecule has 0 amide bonds. The lowest BCUT2D eigenvalue weighted by molar-refractivity contribution is -0.387. The molecule has 1 aliphatic rings. The zero-order chi connectivity index (χ0) is 18.7. The SMILES string of the molecule is CS(=O)(=O)c1cc(NCc2ccc(N3CC=CC3)cc2)ccc1[N+](=O)[O-]. The quantitative estimate of drug-likeness (QED) is 0.475. The van der Waals surface area contributed by atoms with Gasteiger partial charge in [-0.1, -0.05) is 24.3 Å². The third-order valence-electron chi connectivity index (χ3n) is 4.17. The number of hydrogen-bond acceptors (Lipinski definition) is 6. The number of sulfone groups is 1. The monoisotopic (exact) mass is 373 g/mol. The second kappa shape index (κ2) is 7.17. The molecule has 0 aromatic heterocycles. The summed E-state index contributed by atoms with van der Waals surface area (Å²) in [6.45, 7) is 2.31. The molecule has 0 spiro atoms. The Morgan fingerprint density at radius 2 is 1.77 bits per heavy atom. The summed E-state index contributed by atoms with van der Waals surface area (Å²) in [5, 5.41) is 14.1. The standard InChI is InChI=1S/C18H19N3O4S/c1-26(24,25)18-12-15(6-9-17(18)21(22)23)19-13-14-4-7-16(8-5-14)20-10-2-3-11-20/h2-9,12,19H,10-11,13H2,1H3. The van der Waals surface area contributed by atoms with Crippen molar-refractivity contribution in [1.29, 1.82) is 0 Å². The Kier molecular flexibility index (Phi) is 4.94. The Hall–Kier alpha value is -2.87. The van der Waals surface area contributed by atoms with Gasteiger partial charge in [0.05, 0.1) is 4.92 Å². The molecular formula is C18H19N3O4S. The number of benzene rings is 2. The molecule has 2 aromatic carbocycles. The summed E-state index contributed by atoms with van der Waals surface area (Å²) >= 11 is 0. The van der Waals surface area contributed by atoms with Gasteiger partial charge >= 0.3 is 0 Å². The molecule has 1 N–H and O–H groups in total. The zero-order valence-corrected chi connectivity index (χ0v) is 15.1. The Balaban J connectivity index is 1.72. The van der Waals surface area contributed by atoms with Gasteiger partial charge in [-0.2, -0.15) is 0 Å². The highest BCUT2D eigenvalue weighted by molar-refractivity contribution is 7.90. The smallest absolute Gasteiger partial charge is 0.288 e. The second-order valence-electron chi connectivity index (χ2n) is 6.11. The van der Waals surface area contributed by atoms with Crippen LogP contribution in [-0.4, -0.2) is 32.7 Å². The highest BCUT2D eigenvalue weighted by atomic mass is 32.2. The van der Waals surface area contributed by atoms with Crippen molar-refractivity contribution in [2.45, 2.75) is 11.4 Å². The van der Waals surface area contributed by atoms with Crippen molar-refractivity contribution < 1.29 is 13.3 Å². The number of hydrogen-bond donors (Lipinski definition) is 1. The highest BCUT2D eigenvalue weighted by Crippen LogP contribution is 2.27. The van der Waals surface area contributed by atoms with Gasteiger partial charge in [-0.05, 0) is 29.8 Å². The van der Waals surface area contributed by atoms with Gasteiger partial charge in [0.2, 0.25) is 0 Å². The molecule has 0 unspecified atom stereocenters. The molecule has 0 radical (unpaired) electrons. The summed E-state index contributed by atoms with van der Waals surface area (Å²) in [5.41, 5.74) is 2.28. The van der Waals surface area contributed by atoms with E-state index in [1.165, 1.54) is 18.2 Å². The van der Waals surface area contributed by atoms with Crippen LogP contribution in [-0.2, 0) is 16.4 Å². The van der Waals surface area contributed by atoms with Crippen LogP contribution < -0.4 is 10.2 Å². The van der Waals surface area contributed by atoms with Gasteiger partial charge in [0.1, 0.15) is 4.90 Å². The Bertz CT molecular complexity index is 945. The Morgan fingerprint density at radius 1 is 1.12 bits per heavy atom. The van der Waals surface area contributed by atoms with E-state index in [1.54, 1.807) is 0 Å². The van der Waals surface area contributed by atoms with Crippen LogP contribution in [0.5, 0.6) is 0 Å². The van der Waals surface area contributed by atoms with E-state index in [2.05, 4.69) is 22.4 Å². The van der Waals surface area contributed by atoms with Gasteiger partial charge in [-0.15, -0.1) is 0 Å². The molecule has 0 atom stereocenters. The predicted octanol–water partition coefficient (Wildman–Crippen LogP) is 2.99. The highest BCUT2D eigenvalue weighted by Gasteiger charge is 2.22. The first-order chi connectivity index (χ1) is 12.3. The van der Waals surface area contributed by atoms with E-state index in [4.69, 9.17) is 0 Å². The van der Waals surface area contributed by atoms with Crippen molar-refractivity contribution in [3.8, 4) is 0 Å². The molecule has 1 aliphatic heterocycles. The van der Waals surface area contributed by atoms with Gasteiger partial charge in [0.25, 0.3) is 5.69 Å². The number of nitro groups is 1. The van der Waals surface area contributed by atoms with E-state index in [-0.39, 0.29) is 4.90 Å². The largest absolute Gasteiger partial charge is 0.381 e. The van der Waals surface area contributed by atoms with Gasteiger partial charge in [-0.3, -0.25) is 10.1 Å². The first-order valence-corrected chi connectivity index (χ1v) is 9.95. The molecule has 8 heteroatoms. The van der Waals surface area contributed by atoms with Crippen molar-refractivity contribution in [1.82, 2.24) is 0 Å². The molecule has 136 valence electrons. The molecule has 0 fully saturated rings. The summed E-state index contributed by atoms with van der Waals surface area (Å²) in [5.74, 6) is 0. The average Bonchev–Trinajstić information content (AvgIpc) is 3.14.